The van der Waals surface area contributed by atoms with Gasteiger partial charge in [0.05, 0.1) is 18.5 Å². The minimum Gasteiger partial charge on any atom is -0.462 e. The zero-order valence-electron chi connectivity index (χ0n) is 10.4. The number of benzene rings is 1. The Bertz CT molecular complexity index is 575. The third-order valence-corrected chi connectivity index (χ3v) is 2.55. The van der Waals surface area contributed by atoms with E-state index in [4.69, 9.17) is 10.5 Å². The van der Waals surface area contributed by atoms with Gasteiger partial charge in [0.1, 0.15) is 11.4 Å². The topological polar surface area (TPSA) is 70.1 Å². The number of anilines is 1. The van der Waals surface area contributed by atoms with Crippen LogP contribution < -0.4 is 5.73 Å². The van der Waals surface area contributed by atoms with Gasteiger partial charge in [-0.3, -0.25) is 0 Å². The van der Waals surface area contributed by atoms with Crippen LogP contribution in [0.3, 0.4) is 0 Å². The van der Waals surface area contributed by atoms with Crippen molar-refractivity contribution in [2.24, 2.45) is 0 Å². The minimum atomic E-state index is -0.450. The van der Waals surface area contributed by atoms with Gasteiger partial charge in [0.2, 0.25) is 0 Å². The molecule has 0 atom stereocenters. The number of hydrogen-bond donors (Lipinski definition) is 1. The van der Waals surface area contributed by atoms with Crippen LogP contribution in [-0.2, 0) is 4.74 Å². The summed E-state index contributed by atoms with van der Waals surface area (Å²) in [6, 6.07) is 7.72. The van der Waals surface area contributed by atoms with Crippen molar-refractivity contribution in [2.75, 3.05) is 12.3 Å². The maximum atomic E-state index is 11.6. The van der Waals surface area contributed by atoms with E-state index in [0.717, 1.165) is 11.3 Å². The van der Waals surface area contributed by atoms with Crippen molar-refractivity contribution in [3.05, 3.63) is 41.6 Å². The molecule has 2 N–H and O–H groups in total. The fourth-order valence-corrected chi connectivity index (χ4v) is 1.69. The summed E-state index contributed by atoms with van der Waals surface area (Å²) < 4.78 is 6.44. The highest BCUT2D eigenvalue weighted by atomic mass is 16.5. The van der Waals surface area contributed by atoms with E-state index in [0.29, 0.717) is 18.0 Å². The summed E-state index contributed by atoms with van der Waals surface area (Å²) in [5.74, 6) is -0.159. The number of carbonyl (C=O) groups is 1. The molecule has 94 valence electrons. The van der Waals surface area contributed by atoms with Crippen LogP contribution in [0, 0.1) is 6.92 Å². The molecule has 0 unspecified atom stereocenters. The molecular weight excluding hydrogens is 230 g/mol. The molecule has 0 saturated carbocycles. The van der Waals surface area contributed by atoms with Crippen molar-refractivity contribution in [3.8, 4) is 5.69 Å². The highest BCUT2D eigenvalue weighted by Gasteiger charge is 2.16. The molecule has 0 fully saturated rings. The quantitative estimate of drug-likeness (QED) is 0.839. The highest BCUT2D eigenvalue weighted by Crippen LogP contribution is 2.18. The maximum absolute atomic E-state index is 11.6. The summed E-state index contributed by atoms with van der Waals surface area (Å²) in [5.41, 5.74) is 8.13. The molecule has 5 heteroatoms. The first kappa shape index (κ1) is 12.2. The van der Waals surface area contributed by atoms with E-state index in [2.05, 4.69) is 5.10 Å². The first-order valence-electron chi connectivity index (χ1n) is 5.71. The van der Waals surface area contributed by atoms with Crippen LogP contribution in [0.15, 0.2) is 30.5 Å². The molecule has 18 heavy (non-hydrogen) atoms. The number of ether oxygens (including phenoxy) is 1. The van der Waals surface area contributed by atoms with Gasteiger partial charge in [0, 0.05) is 0 Å². The van der Waals surface area contributed by atoms with Gasteiger partial charge in [-0.1, -0.05) is 12.1 Å². The van der Waals surface area contributed by atoms with Gasteiger partial charge in [-0.25, -0.2) is 9.48 Å². The van der Waals surface area contributed by atoms with Crippen molar-refractivity contribution in [1.82, 2.24) is 9.78 Å². The van der Waals surface area contributed by atoms with Crippen molar-refractivity contribution in [2.45, 2.75) is 13.8 Å². The average Bonchev–Trinajstić information content (AvgIpc) is 2.71. The lowest BCUT2D eigenvalue weighted by molar-refractivity contribution is 0.0527. The molecule has 5 nitrogen and oxygen atoms in total. The Morgan fingerprint density at radius 2 is 2.28 bits per heavy atom. The fourth-order valence-electron chi connectivity index (χ4n) is 1.69. The van der Waals surface area contributed by atoms with Crippen LogP contribution in [0.4, 0.5) is 5.82 Å². The zero-order valence-corrected chi connectivity index (χ0v) is 10.4. The summed E-state index contributed by atoms with van der Waals surface area (Å²) in [5, 5.41) is 4.12. The largest absolute Gasteiger partial charge is 0.462 e. The number of carbonyl (C=O) groups excluding carboxylic acids is 1. The smallest absolute Gasteiger partial charge is 0.343 e. The Morgan fingerprint density at radius 3 is 2.94 bits per heavy atom. The van der Waals surface area contributed by atoms with Crippen molar-refractivity contribution in [3.63, 3.8) is 0 Å². The third kappa shape index (κ3) is 2.20. The lowest BCUT2D eigenvalue weighted by atomic mass is 10.2. The van der Waals surface area contributed by atoms with E-state index in [1.54, 1.807) is 6.92 Å². The summed E-state index contributed by atoms with van der Waals surface area (Å²) in [6.45, 7) is 4.04. The van der Waals surface area contributed by atoms with E-state index in [-0.39, 0.29) is 0 Å². The predicted octanol–water partition coefficient (Wildman–Crippen LogP) is 1.94. The first-order valence-corrected chi connectivity index (χ1v) is 5.71. The van der Waals surface area contributed by atoms with Crippen LogP contribution in [0.5, 0.6) is 0 Å². The Kier molecular flexibility index (Phi) is 3.32. The fraction of sp³-hybridized carbons (Fsp3) is 0.231. The molecule has 0 bridgehead atoms. The SMILES string of the molecule is CCOC(=O)c1cnn(-c2cccc(C)c2)c1N. The minimum absolute atomic E-state index is 0.290. The van der Waals surface area contributed by atoms with Crippen molar-refractivity contribution in [1.29, 1.82) is 0 Å². The summed E-state index contributed by atoms with van der Waals surface area (Å²) in [4.78, 5) is 11.6. The zero-order chi connectivity index (χ0) is 13.1. The lowest BCUT2D eigenvalue weighted by Crippen LogP contribution is -2.08. The molecule has 0 amide bonds. The number of aromatic nitrogens is 2. The van der Waals surface area contributed by atoms with E-state index in [9.17, 15) is 4.79 Å². The molecule has 0 saturated heterocycles. The number of nitrogens with zero attached hydrogens (tertiary/aromatic N) is 2. The maximum Gasteiger partial charge on any atom is 0.343 e. The van der Waals surface area contributed by atoms with Crippen LogP contribution >= 0.6 is 0 Å². The summed E-state index contributed by atoms with van der Waals surface area (Å²) in [7, 11) is 0. The molecule has 0 aliphatic carbocycles. The number of nitrogens with two attached hydrogens (primary N) is 1. The molecule has 0 aliphatic heterocycles. The van der Waals surface area contributed by atoms with Gasteiger partial charge in [0.15, 0.2) is 0 Å². The predicted molar refractivity (Wildman–Crippen MR) is 68.7 cm³/mol. The standard InChI is InChI=1S/C13H15N3O2/c1-3-18-13(17)11-8-15-16(12(11)14)10-6-4-5-9(2)7-10/h4-8H,3,14H2,1-2H3. The normalized spacial score (nSPS) is 10.3. The number of nitrogen functional groups attached to an aromatic ring is 1. The van der Waals surface area contributed by atoms with Gasteiger partial charge >= 0.3 is 5.97 Å². The Labute approximate surface area is 105 Å². The number of hydrogen-bond acceptors (Lipinski definition) is 4. The third-order valence-electron chi connectivity index (χ3n) is 2.55. The average molecular weight is 245 g/mol. The Balaban J connectivity index is 2.39. The molecular formula is C13H15N3O2. The molecule has 0 spiro atoms. The Hall–Kier alpha value is -2.30. The summed E-state index contributed by atoms with van der Waals surface area (Å²) >= 11 is 0. The van der Waals surface area contributed by atoms with E-state index >= 15 is 0 Å². The Morgan fingerprint density at radius 1 is 1.50 bits per heavy atom. The molecule has 2 rings (SSSR count). The number of esters is 1. The molecule has 0 radical (unpaired) electrons. The van der Waals surface area contributed by atoms with E-state index < -0.39 is 5.97 Å². The second-order valence-corrected chi connectivity index (χ2v) is 3.91. The van der Waals surface area contributed by atoms with E-state index in [1.165, 1.54) is 10.9 Å². The van der Waals surface area contributed by atoms with E-state index in [1.807, 2.05) is 31.2 Å². The van der Waals surface area contributed by atoms with Crippen molar-refractivity contribution < 1.29 is 9.53 Å². The number of rotatable bonds is 3. The van der Waals surface area contributed by atoms with Gasteiger partial charge in [-0.05, 0) is 31.5 Å². The highest BCUT2D eigenvalue weighted by molar-refractivity contribution is 5.94. The monoisotopic (exact) mass is 245 g/mol. The van der Waals surface area contributed by atoms with Crippen LogP contribution in [0.2, 0.25) is 0 Å². The second-order valence-electron chi connectivity index (χ2n) is 3.91. The van der Waals surface area contributed by atoms with Crippen LogP contribution in [-0.4, -0.2) is 22.4 Å². The first-order chi connectivity index (χ1) is 8.63. The molecule has 1 aromatic heterocycles. The van der Waals surface area contributed by atoms with Gasteiger partial charge < -0.3 is 10.5 Å². The van der Waals surface area contributed by atoms with Crippen LogP contribution in [0.1, 0.15) is 22.8 Å². The molecule has 0 aliphatic rings. The number of aryl methyl sites for hydroxylation is 1. The second kappa shape index (κ2) is 4.91. The molecule has 2 aromatic rings. The van der Waals surface area contributed by atoms with Crippen molar-refractivity contribution >= 4 is 11.8 Å². The molecule has 1 heterocycles. The van der Waals surface area contributed by atoms with Crippen LogP contribution in [0.25, 0.3) is 5.69 Å². The van der Waals surface area contributed by atoms with Gasteiger partial charge in [0.25, 0.3) is 0 Å². The summed E-state index contributed by atoms with van der Waals surface area (Å²) in [6.07, 6.45) is 1.43. The van der Waals surface area contributed by atoms with Gasteiger partial charge in [-0.2, -0.15) is 5.10 Å². The van der Waals surface area contributed by atoms with Gasteiger partial charge in [-0.15, -0.1) is 0 Å². The lowest BCUT2D eigenvalue weighted by Gasteiger charge is -2.05. The molecule has 1 aromatic carbocycles.